The average molecular weight is 344 g/mol. The van der Waals surface area contributed by atoms with Gasteiger partial charge in [-0.1, -0.05) is 36.4 Å². The minimum atomic E-state index is -0.228. The molecule has 5 nitrogen and oxygen atoms in total. The van der Waals surface area contributed by atoms with Crippen molar-refractivity contribution in [2.45, 2.75) is 19.8 Å². The summed E-state index contributed by atoms with van der Waals surface area (Å²) in [7, 11) is 0. The smallest absolute Gasteiger partial charge is 0.274 e. The molecule has 0 bridgehead atoms. The van der Waals surface area contributed by atoms with Gasteiger partial charge in [0.2, 0.25) is 0 Å². The molecule has 0 fully saturated rings. The molecule has 0 unspecified atom stereocenters. The van der Waals surface area contributed by atoms with Gasteiger partial charge < -0.3 is 10.2 Å². The maximum Gasteiger partial charge on any atom is 0.274 e. The number of carbonyl (C=O) groups is 1. The number of aromatic nitrogens is 2. The van der Waals surface area contributed by atoms with Crippen LogP contribution in [-0.4, -0.2) is 22.4 Å². The first kappa shape index (κ1) is 16.3. The van der Waals surface area contributed by atoms with E-state index in [1.54, 1.807) is 6.07 Å². The first-order valence-corrected chi connectivity index (χ1v) is 8.77. The Morgan fingerprint density at radius 2 is 1.88 bits per heavy atom. The van der Waals surface area contributed by atoms with E-state index >= 15 is 0 Å². The summed E-state index contributed by atoms with van der Waals surface area (Å²) < 4.78 is 0. The van der Waals surface area contributed by atoms with Gasteiger partial charge in [0.25, 0.3) is 5.91 Å². The van der Waals surface area contributed by atoms with Gasteiger partial charge in [0.05, 0.1) is 0 Å². The van der Waals surface area contributed by atoms with E-state index in [4.69, 9.17) is 0 Å². The topological polar surface area (TPSA) is 58.1 Å². The van der Waals surface area contributed by atoms with Crippen LogP contribution < -0.4 is 10.2 Å². The van der Waals surface area contributed by atoms with E-state index in [0.29, 0.717) is 5.69 Å². The molecular weight excluding hydrogens is 324 g/mol. The number of rotatable bonds is 3. The number of benzene rings is 2. The van der Waals surface area contributed by atoms with Crippen molar-refractivity contribution in [3.05, 3.63) is 77.7 Å². The maximum atomic E-state index is 12.6. The first-order chi connectivity index (χ1) is 12.7. The molecule has 0 aliphatic carbocycles. The number of carbonyl (C=O) groups excluding carboxylic acids is 1. The number of anilines is 3. The molecule has 1 amide bonds. The molecule has 2 heterocycles. The lowest BCUT2D eigenvalue weighted by Crippen LogP contribution is -2.26. The van der Waals surface area contributed by atoms with Crippen molar-refractivity contribution < 1.29 is 4.79 Å². The second-order valence-corrected chi connectivity index (χ2v) is 6.41. The van der Waals surface area contributed by atoms with Gasteiger partial charge in [-0.15, -0.1) is 0 Å². The molecule has 4 rings (SSSR count). The molecule has 1 aliphatic rings. The lowest BCUT2D eigenvalue weighted by atomic mass is 10.0. The van der Waals surface area contributed by atoms with Crippen LogP contribution in [0.25, 0.3) is 0 Å². The molecule has 3 aromatic rings. The summed E-state index contributed by atoms with van der Waals surface area (Å²) in [5, 5.41) is 2.93. The van der Waals surface area contributed by atoms with Gasteiger partial charge in [-0.3, -0.25) is 4.79 Å². The minimum Gasteiger partial charge on any atom is -0.326 e. The highest BCUT2D eigenvalue weighted by Crippen LogP contribution is 2.32. The summed E-state index contributed by atoms with van der Waals surface area (Å²) >= 11 is 0. The Balaban J connectivity index is 1.62. The fraction of sp³-hybridized carbons (Fsp3) is 0.190. The highest BCUT2D eigenvalue weighted by atomic mass is 16.1. The van der Waals surface area contributed by atoms with Crippen molar-refractivity contribution in [3.8, 4) is 0 Å². The second-order valence-electron chi connectivity index (χ2n) is 6.41. The van der Waals surface area contributed by atoms with E-state index in [0.717, 1.165) is 42.1 Å². The van der Waals surface area contributed by atoms with E-state index in [-0.39, 0.29) is 5.91 Å². The lowest BCUT2D eigenvalue weighted by Gasteiger charge is -2.30. The van der Waals surface area contributed by atoms with Crippen LogP contribution >= 0.6 is 0 Å². The van der Waals surface area contributed by atoms with E-state index < -0.39 is 0 Å². The van der Waals surface area contributed by atoms with E-state index in [1.165, 1.54) is 11.9 Å². The van der Waals surface area contributed by atoms with Gasteiger partial charge in [0.1, 0.15) is 17.8 Å². The number of hydrogen-bond acceptors (Lipinski definition) is 4. The normalized spacial score (nSPS) is 13.2. The quantitative estimate of drug-likeness (QED) is 0.776. The molecule has 1 aliphatic heterocycles. The zero-order valence-electron chi connectivity index (χ0n) is 14.6. The van der Waals surface area contributed by atoms with Gasteiger partial charge >= 0.3 is 0 Å². The van der Waals surface area contributed by atoms with Gasteiger partial charge in [-0.25, -0.2) is 9.97 Å². The number of nitrogens with one attached hydrogen (secondary N) is 1. The van der Waals surface area contributed by atoms with Crippen LogP contribution in [0.2, 0.25) is 0 Å². The van der Waals surface area contributed by atoms with Gasteiger partial charge in [0.15, 0.2) is 0 Å². The molecular formula is C21H20N4O. The van der Waals surface area contributed by atoms with E-state index in [2.05, 4.69) is 38.4 Å². The molecule has 130 valence electrons. The maximum absolute atomic E-state index is 12.6. The zero-order valence-corrected chi connectivity index (χ0v) is 14.6. The molecule has 0 radical (unpaired) electrons. The number of amides is 1. The van der Waals surface area contributed by atoms with Crippen molar-refractivity contribution >= 4 is 23.1 Å². The fourth-order valence-corrected chi connectivity index (χ4v) is 3.29. The Hall–Kier alpha value is -3.21. The van der Waals surface area contributed by atoms with Gasteiger partial charge in [-0.05, 0) is 43.0 Å². The third-order valence-corrected chi connectivity index (χ3v) is 4.67. The summed E-state index contributed by atoms with van der Waals surface area (Å²) in [6, 6.07) is 17.8. The van der Waals surface area contributed by atoms with Crippen LogP contribution in [-0.2, 0) is 6.42 Å². The third kappa shape index (κ3) is 3.16. The second kappa shape index (κ2) is 6.96. The standard InChI is InChI=1S/C21H20N4O/c1-15-7-2-4-10-17(15)24-21(26)18-13-20(23-14-22-18)25-12-6-9-16-8-3-5-11-19(16)25/h2-5,7-8,10-11,13-14H,6,9,12H2,1H3,(H,24,26). The van der Waals surface area contributed by atoms with Crippen molar-refractivity contribution in [2.24, 2.45) is 0 Å². The first-order valence-electron chi connectivity index (χ1n) is 8.77. The zero-order chi connectivity index (χ0) is 17.9. The monoisotopic (exact) mass is 344 g/mol. The van der Waals surface area contributed by atoms with E-state index in [1.807, 2.05) is 37.3 Å². The lowest BCUT2D eigenvalue weighted by molar-refractivity contribution is 0.102. The van der Waals surface area contributed by atoms with Crippen molar-refractivity contribution in [1.29, 1.82) is 0 Å². The molecule has 26 heavy (non-hydrogen) atoms. The summed E-state index contributed by atoms with van der Waals surface area (Å²) in [4.78, 5) is 23.4. The molecule has 0 saturated carbocycles. The van der Waals surface area contributed by atoms with Crippen molar-refractivity contribution in [3.63, 3.8) is 0 Å². The van der Waals surface area contributed by atoms with Crippen LogP contribution in [0.1, 0.15) is 28.0 Å². The van der Waals surface area contributed by atoms with Crippen LogP contribution in [0.3, 0.4) is 0 Å². The van der Waals surface area contributed by atoms with Crippen molar-refractivity contribution in [2.75, 3.05) is 16.8 Å². The van der Waals surface area contributed by atoms with Crippen LogP contribution in [0.15, 0.2) is 60.9 Å². The number of hydrogen-bond donors (Lipinski definition) is 1. The van der Waals surface area contributed by atoms with Gasteiger partial charge in [0, 0.05) is 24.0 Å². The van der Waals surface area contributed by atoms with E-state index in [9.17, 15) is 4.79 Å². The summed E-state index contributed by atoms with van der Waals surface area (Å²) in [5.74, 6) is 0.523. The molecule has 1 N–H and O–H groups in total. The van der Waals surface area contributed by atoms with Crippen molar-refractivity contribution in [1.82, 2.24) is 9.97 Å². The van der Waals surface area contributed by atoms with Crippen LogP contribution in [0.4, 0.5) is 17.2 Å². The Kier molecular flexibility index (Phi) is 4.35. The third-order valence-electron chi connectivity index (χ3n) is 4.67. The molecule has 0 saturated heterocycles. The highest BCUT2D eigenvalue weighted by Gasteiger charge is 2.20. The number of fused-ring (bicyclic) bond motifs is 1. The fourth-order valence-electron chi connectivity index (χ4n) is 3.29. The molecule has 5 heteroatoms. The SMILES string of the molecule is Cc1ccccc1NC(=O)c1cc(N2CCCc3ccccc32)ncn1. The number of aryl methyl sites for hydroxylation is 2. The number of para-hydroxylation sites is 2. The Bertz CT molecular complexity index is 954. The van der Waals surface area contributed by atoms with Gasteiger partial charge in [-0.2, -0.15) is 0 Å². The Morgan fingerprint density at radius 3 is 2.77 bits per heavy atom. The molecule has 0 atom stereocenters. The average Bonchev–Trinajstić information content (AvgIpc) is 2.69. The largest absolute Gasteiger partial charge is 0.326 e. The van der Waals surface area contributed by atoms with Crippen LogP contribution in [0.5, 0.6) is 0 Å². The summed E-state index contributed by atoms with van der Waals surface area (Å²) in [6.07, 6.45) is 3.59. The molecule has 2 aromatic carbocycles. The predicted molar refractivity (Wildman–Crippen MR) is 103 cm³/mol. The minimum absolute atomic E-state index is 0.228. The molecule has 1 aromatic heterocycles. The highest BCUT2D eigenvalue weighted by molar-refractivity contribution is 6.03. The number of nitrogens with zero attached hydrogens (tertiary/aromatic N) is 3. The van der Waals surface area contributed by atoms with Crippen LogP contribution in [0, 0.1) is 6.92 Å². The Morgan fingerprint density at radius 1 is 1.08 bits per heavy atom. The predicted octanol–water partition coefficient (Wildman–Crippen LogP) is 4.12. The molecule has 0 spiro atoms. The summed E-state index contributed by atoms with van der Waals surface area (Å²) in [6.45, 7) is 2.85. The Labute approximate surface area is 152 Å². The summed E-state index contributed by atoms with van der Waals surface area (Å²) in [5.41, 5.74) is 4.63.